The fourth-order valence-electron chi connectivity index (χ4n) is 5.23. The van der Waals surface area contributed by atoms with Gasteiger partial charge in [-0.3, -0.25) is 23.7 Å². The summed E-state index contributed by atoms with van der Waals surface area (Å²) >= 11 is 2.08. The molecule has 0 radical (unpaired) electrons. The maximum Gasteiger partial charge on any atom is 0.338 e. The molecule has 4 heterocycles. The minimum atomic E-state index is -0.805. The Labute approximate surface area is 248 Å². The number of hydrogen-bond donors (Lipinski definition) is 1. The van der Waals surface area contributed by atoms with Crippen LogP contribution in [-0.2, 0) is 25.7 Å². The summed E-state index contributed by atoms with van der Waals surface area (Å²) in [5.74, 6) is -2.63. The molecule has 3 amide bonds. The molecule has 214 valence electrons. The number of nitrogens with zero attached hydrogens (tertiary/aromatic N) is 2. The third-order valence-electron chi connectivity index (χ3n) is 7.17. The molecule has 1 saturated heterocycles. The summed E-state index contributed by atoms with van der Waals surface area (Å²) in [7, 11) is 0. The predicted octanol–water partition coefficient (Wildman–Crippen LogP) is 4.42. The maximum absolute atomic E-state index is 13.8. The number of amides is 3. The lowest BCUT2D eigenvalue weighted by Crippen LogP contribution is -2.32. The Balaban J connectivity index is 1.30. The van der Waals surface area contributed by atoms with Gasteiger partial charge in [-0.05, 0) is 62.4 Å². The van der Waals surface area contributed by atoms with E-state index < -0.39 is 29.0 Å². The topological polar surface area (TPSA) is 128 Å². The number of furan rings is 1. The molecule has 2 aromatic carbocycles. The third-order valence-corrected chi connectivity index (χ3v) is 9.78. The Morgan fingerprint density at radius 1 is 1.00 bits per heavy atom. The number of aromatic nitrogens is 1. The molecule has 2 aliphatic heterocycles. The van der Waals surface area contributed by atoms with E-state index in [0.29, 0.717) is 32.6 Å². The Morgan fingerprint density at radius 3 is 2.40 bits per heavy atom. The molecule has 42 heavy (non-hydrogen) atoms. The van der Waals surface area contributed by atoms with Crippen molar-refractivity contribution >= 4 is 58.2 Å². The molecule has 1 N–H and O–H groups in total. The van der Waals surface area contributed by atoms with Crippen molar-refractivity contribution in [1.82, 2.24) is 4.57 Å². The molecule has 2 unspecified atom stereocenters. The van der Waals surface area contributed by atoms with Crippen LogP contribution in [0, 0.1) is 12.8 Å². The van der Waals surface area contributed by atoms with Crippen molar-refractivity contribution in [2.45, 2.75) is 36.6 Å². The average molecular weight is 604 g/mol. The van der Waals surface area contributed by atoms with E-state index in [-0.39, 0.29) is 29.8 Å². The van der Waals surface area contributed by atoms with Crippen LogP contribution in [0.25, 0.3) is 0 Å². The highest BCUT2D eigenvalue weighted by Crippen LogP contribution is 2.53. The lowest BCUT2D eigenvalue weighted by atomic mass is 9.87. The van der Waals surface area contributed by atoms with E-state index in [1.807, 2.05) is 19.1 Å². The number of fused-ring (bicyclic) bond motifs is 2. The summed E-state index contributed by atoms with van der Waals surface area (Å²) in [6.45, 7) is 3.59. The monoisotopic (exact) mass is 603 g/mol. The van der Waals surface area contributed by atoms with Crippen molar-refractivity contribution < 1.29 is 28.3 Å². The molecular formula is C30H25N3O7S2. The van der Waals surface area contributed by atoms with Crippen LogP contribution in [0.3, 0.4) is 0 Å². The molecule has 0 saturated carbocycles. The highest BCUT2D eigenvalue weighted by molar-refractivity contribution is 8.00. The highest BCUT2D eigenvalue weighted by atomic mass is 32.2. The van der Waals surface area contributed by atoms with Crippen LogP contribution >= 0.6 is 23.1 Å². The van der Waals surface area contributed by atoms with Crippen molar-refractivity contribution in [2.75, 3.05) is 16.8 Å². The molecule has 0 spiro atoms. The van der Waals surface area contributed by atoms with E-state index in [1.165, 1.54) is 15.7 Å². The molecule has 0 aliphatic carbocycles. The summed E-state index contributed by atoms with van der Waals surface area (Å²) in [5, 5.41) is 2.40. The van der Waals surface area contributed by atoms with E-state index in [4.69, 9.17) is 9.15 Å². The van der Waals surface area contributed by atoms with E-state index in [1.54, 1.807) is 55.5 Å². The predicted molar refractivity (Wildman–Crippen MR) is 157 cm³/mol. The number of nitrogens with one attached hydrogen (secondary N) is 1. The van der Waals surface area contributed by atoms with E-state index in [2.05, 4.69) is 5.32 Å². The Bertz CT molecular complexity index is 1740. The van der Waals surface area contributed by atoms with Crippen LogP contribution in [0.2, 0.25) is 0 Å². The first-order chi connectivity index (χ1) is 20.3. The summed E-state index contributed by atoms with van der Waals surface area (Å²) in [6, 6.07) is 16.8. The smallest absolute Gasteiger partial charge is 0.338 e. The second-order valence-electron chi connectivity index (χ2n) is 9.87. The first kappa shape index (κ1) is 27.7. The van der Waals surface area contributed by atoms with E-state index in [9.17, 15) is 24.0 Å². The lowest BCUT2D eigenvalue weighted by Gasteiger charge is -2.29. The number of aryl methyl sites for hydroxylation is 1. The average Bonchev–Trinajstić information content (AvgIpc) is 3.67. The molecule has 12 heteroatoms. The van der Waals surface area contributed by atoms with Gasteiger partial charge in [0.15, 0.2) is 0 Å². The number of esters is 1. The summed E-state index contributed by atoms with van der Waals surface area (Å²) < 4.78 is 12.0. The maximum atomic E-state index is 13.8. The molecule has 10 nitrogen and oxygen atoms in total. The largest absolute Gasteiger partial charge is 0.469 e. The Kier molecular flexibility index (Phi) is 7.33. The molecule has 0 bridgehead atoms. The van der Waals surface area contributed by atoms with Gasteiger partial charge in [-0.2, -0.15) is 0 Å². The van der Waals surface area contributed by atoms with Crippen molar-refractivity contribution in [3.63, 3.8) is 0 Å². The number of carbonyl (C=O) groups excluding carboxylic acids is 4. The zero-order chi connectivity index (χ0) is 29.5. The molecule has 2 aromatic heterocycles. The van der Waals surface area contributed by atoms with E-state index in [0.717, 1.165) is 28.7 Å². The van der Waals surface area contributed by atoms with Crippen molar-refractivity contribution in [2.24, 2.45) is 5.92 Å². The van der Waals surface area contributed by atoms with Gasteiger partial charge in [0.25, 0.3) is 0 Å². The number of thioether (sulfide) groups is 1. The standard InChI is InChI=1S/C30H25N3O7S2/c1-3-39-29(37)17-8-10-18(11-9-17)31-21(34)15-32-28-25(42-30(32)38)22(20-5-4-14-40-20)23-24(41-28)27(36)33(26(23)35)19-12-6-16(2)7-13-19/h4-14,22-24H,3,15H2,1-2H3,(H,31,34)/t22-,23?,24?/m1/s1. The van der Waals surface area contributed by atoms with Gasteiger partial charge in [-0.1, -0.05) is 40.8 Å². The first-order valence-electron chi connectivity index (χ1n) is 13.2. The quantitative estimate of drug-likeness (QED) is 0.243. The molecular weight excluding hydrogens is 578 g/mol. The number of imide groups is 1. The van der Waals surface area contributed by atoms with Crippen LogP contribution in [-0.4, -0.2) is 40.1 Å². The molecule has 3 atom stereocenters. The third kappa shape index (κ3) is 4.86. The fraction of sp³-hybridized carbons (Fsp3) is 0.233. The lowest BCUT2D eigenvalue weighted by molar-refractivity contribution is -0.122. The van der Waals surface area contributed by atoms with Gasteiger partial charge >= 0.3 is 10.8 Å². The highest BCUT2D eigenvalue weighted by Gasteiger charge is 2.57. The Hall–Kier alpha value is -4.42. The van der Waals surface area contributed by atoms with Gasteiger partial charge in [0, 0.05) is 5.69 Å². The van der Waals surface area contributed by atoms with Crippen LogP contribution in [0.1, 0.15) is 39.4 Å². The van der Waals surface area contributed by atoms with Crippen LogP contribution in [0.5, 0.6) is 0 Å². The number of ether oxygens (including phenoxy) is 1. The molecule has 1 fully saturated rings. The van der Waals surface area contributed by atoms with Gasteiger partial charge in [0.2, 0.25) is 17.7 Å². The second kappa shape index (κ2) is 11.1. The number of benzene rings is 2. The second-order valence-corrected chi connectivity index (χ2v) is 12.0. The van der Waals surface area contributed by atoms with Crippen LogP contribution in [0.15, 0.2) is 81.2 Å². The summed E-state index contributed by atoms with van der Waals surface area (Å²) in [5.41, 5.74) is 2.27. The minimum absolute atomic E-state index is 0.251. The molecule has 4 aromatic rings. The van der Waals surface area contributed by atoms with Gasteiger partial charge in [0.05, 0.1) is 45.9 Å². The van der Waals surface area contributed by atoms with Gasteiger partial charge < -0.3 is 14.5 Å². The number of carbonyl (C=O) groups is 4. The summed E-state index contributed by atoms with van der Waals surface area (Å²) in [4.78, 5) is 67.1. The van der Waals surface area contributed by atoms with Gasteiger partial charge in [-0.15, -0.1) is 0 Å². The van der Waals surface area contributed by atoms with Crippen molar-refractivity contribution in [3.8, 4) is 0 Å². The number of hydrogen-bond acceptors (Lipinski definition) is 9. The molecule has 6 rings (SSSR count). The SMILES string of the molecule is CCOC(=O)c1ccc(NC(=O)Cn2c3c(sc2=O)[C@H](c2ccco2)C2C(=O)N(c4ccc(C)cc4)C(=O)C2S3)cc1. The number of anilines is 2. The van der Waals surface area contributed by atoms with E-state index >= 15 is 0 Å². The van der Waals surface area contributed by atoms with Crippen molar-refractivity contribution in [1.29, 1.82) is 0 Å². The molecule has 2 aliphatic rings. The Morgan fingerprint density at radius 2 is 1.74 bits per heavy atom. The fourth-order valence-corrected chi connectivity index (χ4v) is 7.98. The number of thiazole rings is 1. The first-order valence-corrected chi connectivity index (χ1v) is 14.9. The zero-order valence-corrected chi connectivity index (χ0v) is 24.2. The van der Waals surface area contributed by atoms with Gasteiger partial charge in [0.1, 0.15) is 17.6 Å². The zero-order valence-electron chi connectivity index (χ0n) is 22.6. The number of rotatable bonds is 7. The summed E-state index contributed by atoms with van der Waals surface area (Å²) in [6.07, 6.45) is 1.49. The van der Waals surface area contributed by atoms with Gasteiger partial charge in [-0.25, -0.2) is 9.69 Å². The van der Waals surface area contributed by atoms with Crippen molar-refractivity contribution in [3.05, 3.63) is 98.4 Å². The normalized spacial score (nSPS) is 19.4. The van der Waals surface area contributed by atoms with Crippen LogP contribution in [0.4, 0.5) is 11.4 Å². The minimum Gasteiger partial charge on any atom is -0.469 e. The van der Waals surface area contributed by atoms with Crippen LogP contribution < -0.4 is 15.1 Å².